The van der Waals surface area contributed by atoms with Gasteiger partial charge in [-0.05, 0) is 19.1 Å². The van der Waals surface area contributed by atoms with Gasteiger partial charge in [-0.25, -0.2) is 9.97 Å². The lowest BCUT2D eigenvalue weighted by Crippen LogP contribution is -2.14. The number of aromatic nitrogens is 2. The van der Waals surface area contributed by atoms with Crippen LogP contribution in [-0.2, 0) is 0 Å². The molecule has 0 fully saturated rings. The Bertz CT molecular complexity index is 625. The number of nitro groups is 1. The van der Waals surface area contributed by atoms with Gasteiger partial charge in [0.1, 0.15) is 6.33 Å². The Morgan fingerprint density at radius 2 is 1.85 bits per heavy atom. The van der Waals surface area contributed by atoms with E-state index in [9.17, 15) is 10.1 Å². The van der Waals surface area contributed by atoms with Gasteiger partial charge in [-0.2, -0.15) is 0 Å². The van der Waals surface area contributed by atoms with Crippen LogP contribution in [0.25, 0.3) is 0 Å². The number of benzene rings is 1. The average molecular weight is 273 g/mol. The van der Waals surface area contributed by atoms with Gasteiger partial charge in [0, 0.05) is 19.8 Å². The topological polar surface area (TPSA) is 84.2 Å². The van der Waals surface area contributed by atoms with Crippen molar-refractivity contribution in [1.82, 2.24) is 9.97 Å². The zero-order valence-electron chi connectivity index (χ0n) is 11.5. The second-order valence-electron chi connectivity index (χ2n) is 4.54. The van der Waals surface area contributed by atoms with Crippen molar-refractivity contribution < 1.29 is 4.92 Å². The van der Waals surface area contributed by atoms with E-state index < -0.39 is 4.92 Å². The molecule has 2 rings (SSSR count). The number of hydrogen-bond donors (Lipinski definition) is 1. The summed E-state index contributed by atoms with van der Waals surface area (Å²) in [5.74, 6) is 0.442. The number of aryl methyl sites for hydroxylation is 1. The Kier molecular flexibility index (Phi) is 3.79. The van der Waals surface area contributed by atoms with Gasteiger partial charge in [-0.3, -0.25) is 10.1 Å². The van der Waals surface area contributed by atoms with Crippen LogP contribution in [0.2, 0.25) is 0 Å². The molecule has 7 heteroatoms. The fourth-order valence-corrected chi connectivity index (χ4v) is 1.73. The first kappa shape index (κ1) is 13.7. The average Bonchev–Trinajstić information content (AvgIpc) is 2.40. The Labute approximate surface area is 116 Å². The summed E-state index contributed by atoms with van der Waals surface area (Å²) in [5, 5.41) is 14.2. The Morgan fingerprint density at radius 1 is 1.20 bits per heavy atom. The highest BCUT2D eigenvalue weighted by Gasteiger charge is 2.24. The van der Waals surface area contributed by atoms with Crippen molar-refractivity contribution in [3.63, 3.8) is 0 Å². The highest BCUT2D eigenvalue weighted by Crippen LogP contribution is 2.32. The van der Waals surface area contributed by atoms with Crippen LogP contribution in [-0.4, -0.2) is 29.0 Å². The number of nitrogens with one attached hydrogen (secondary N) is 1. The molecule has 0 aliphatic rings. The van der Waals surface area contributed by atoms with E-state index in [2.05, 4.69) is 15.3 Å². The minimum Gasteiger partial charge on any atom is -0.357 e. The molecule has 0 atom stereocenters. The zero-order valence-corrected chi connectivity index (χ0v) is 11.5. The van der Waals surface area contributed by atoms with Gasteiger partial charge in [-0.15, -0.1) is 0 Å². The number of nitrogens with zero attached hydrogens (tertiary/aromatic N) is 4. The molecule has 0 unspecified atom stereocenters. The van der Waals surface area contributed by atoms with Crippen molar-refractivity contribution in [2.24, 2.45) is 0 Å². The summed E-state index contributed by atoms with van der Waals surface area (Å²) in [6.07, 6.45) is 1.30. The van der Waals surface area contributed by atoms with Crippen molar-refractivity contribution in [1.29, 1.82) is 0 Å². The SMILES string of the molecule is Cc1ccc(Nc2ncnc(N(C)C)c2[N+](=O)[O-])cc1. The smallest absolute Gasteiger partial charge is 0.353 e. The van der Waals surface area contributed by atoms with Gasteiger partial charge >= 0.3 is 5.69 Å². The maximum Gasteiger partial charge on any atom is 0.353 e. The lowest BCUT2D eigenvalue weighted by atomic mass is 10.2. The van der Waals surface area contributed by atoms with Crippen LogP contribution in [0.3, 0.4) is 0 Å². The number of rotatable bonds is 4. The maximum atomic E-state index is 11.3. The number of anilines is 3. The minimum absolute atomic E-state index is 0.141. The van der Waals surface area contributed by atoms with Crippen LogP contribution in [0.15, 0.2) is 30.6 Å². The molecule has 1 aromatic carbocycles. The monoisotopic (exact) mass is 273 g/mol. The zero-order chi connectivity index (χ0) is 14.7. The van der Waals surface area contributed by atoms with Crippen LogP contribution in [0.5, 0.6) is 0 Å². The predicted octanol–water partition coefficient (Wildman–Crippen LogP) is 2.50. The fourth-order valence-electron chi connectivity index (χ4n) is 1.73. The highest BCUT2D eigenvalue weighted by molar-refractivity contribution is 5.74. The lowest BCUT2D eigenvalue weighted by molar-refractivity contribution is -0.383. The minimum atomic E-state index is -0.480. The van der Waals surface area contributed by atoms with Crippen LogP contribution >= 0.6 is 0 Å². The fraction of sp³-hybridized carbons (Fsp3) is 0.231. The second kappa shape index (κ2) is 5.52. The lowest BCUT2D eigenvalue weighted by Gasteiger charge is -2.13. The third kappa shape index (κ3) is 2.82. The third-order valence-electron chi connectivity index (χ3n) is 2.72. The van der Waals surface area contributed by atoms with Gasteiger partial charge in [0.15, 0.2) is 0 Å². The van der Waals surface area contributed by atoms with E-state index in [1.165, 1.54) is 6.33 Å². The third-order valence-corrected chi connectivity index (χ3v) is 2.72. The molecule has 0 amide bonds. The van der Waals surface area contributed by atoms with Crippen molar-refractivity contribution in [3.05, 3.63) is 46.3 Å². The largest absolute Gasteiger partial charge is 0.357 e. The molecule has 1 N–H and O–H groups in total. The van der Waals surface area contributed by atoms with E-state index in [1.807, 2.05) is 31.2 Å². The standard InChI is InChI=1S/C13H15N5O2/c1-9-4-6-10(7-5-9)16-12-11(18(19)20)13(17(2)3)15-8-14-12/h4-8H,1-3H3,(H,14,15,16). The molecule has 0 saturated heterocycles. The van der Waals surface area contributed by atoms with Gasteiger partial charge < -0.3 is 10.2 Å². The van der Waals surface area contributed by atoms with Crippen LogP contribution in [0.1, 0.15) is 5.56 Å². The van der Waals surface area contributed by atoms with E-state index >= 15 is 0 Å². The first-order valence-corrected chi connectivity index (χ1v) is 5.99. The first-order chi connectivity index (χ1) is 9.49. The summed E-state index contributed by atoms with van der Waals surface area (Å²) in [7, 11) is 3.40. The van der Waals surface area contributed by atoms with E-state index in [-0.39, 0.29) is 17.3 Å². The van der Waals surface area contributed by atoms with E-state index in [0.29, 0.717) is 0 Å². The molecule has 0 radical (unpaired) electrons. The van der Waals surface area contributed by atoms with E-state index in [0.717, 1.165) is 11.3 Å². The van der Waals surface area contributed by atoms with E-state index in [4.69, 9.17) is 0 Å². The molecule has 0 spiro atoms. The van der Waals surface area contributed by atoms with E-state index in [1.54, 1.807) is 19.0 Å². The van der Waals surface area contributed by atoms with Gasteiger partial charge in [0.25, 0.3) is 0 Å². The molecule has 1 aromatic heterocycles. The molecule has 104 valence electrons. The molecule has 1 heterocycles. The summed E-state index contributed by atoms with van der Waals surface area (Å²) < 4.78 is 0. The van der Waals surface area contributed by atoms with Crippen LogP contribution in [0, 0.1) is 17.0 Å². The summed E-state index contributed by atoms with van der Waals surface area (Å²) in [6.45, 7) is 1.97. The molecule has 2 aromatic rings. The van der Waals surface area contributed by atoms with Crippen molar-refractivity contribution in [3.8, 4) is 0 Å². The molecule has 0 aliphatic heterocycles. The summed E-state index contributed by atoms with van der Waals surface area (Å²) in [6, 6.07) is 7.53. The molecule has 0 bridgehead atoms. The maximum absolute atomic E-state index is 11.3. The normalized spacial score (nSPS) is 10.2. The molecule has 0 aliphatic carbocycles. The Morgan fingerprint density at radius 3 is 2.40 bits per heavy atom. The highest BCUT2D eigenvalue weighted by atomic mass is 16.6. The Hall–Kier alpha value is -2.70. The van der Waals surface area contributed by atoms with Crippen molar-refractivity contribution >= 4 is 23.0 Å². The molecular weight excluding hydrogens is 258 g/mol. The number of hydrogen-bond acceptors (Lipinski definition) is 6. The van der Waals surface area contributed by atoms with Crippen LogP contribution in [0.4, 0.5) is 23.0 Å². The van der Waals surface area contributed by atoms with Gasteiger partial charge in [-0.1, -0.05) is 17.7 Å². The molecule has 7 nitrogen and oxygen atoms in total. The summed E-state index contributed by atoms with van der Waals surface area (Å²) in [5.41, 5.74) is 1.71. The molecule has 0 saturated carbocycles. The second-order valence-corrected chi connectivity index (χ2v) is 4.54. The van der Waals surface area contributed by atoms with Crippen LogP contribution < -0.4 is 10.2 Å². The molecule has 20 heavy (non-hydrogen) atoms. The van der Waals surface area contributed by atoms with Crippen molar-refractivity contribution in [2.45, 2.75) is 6.92 Å². The first-order valence-electron chi connectivity index (χ1n) is 5.99. The Balaban J connectivity index is 2.43. The quantitative estimate of drug-likeness (QED) is 0.680. The summed E-state index contributed by atoms with van der Waals surface area (Å²) in [4.78, 5) is 20.3. The molecular formula is C13H15N5O2. The van der Waals surface area contributed by atoms with Gasteiger partial charge in [0.2, 0.25) is 11.6 Å². The van der Waals surface area contributed by atoms with Gasteiger partial charge in [0.05, 0.1) is 4.92 Å². The van der Waals surface area contributed by atoms with Crippen molar-refractivity contribution in [2.75, 3.05) is 24.3 Å². The summed E-state index contributed by atoms with van der Waals surface area (Å²) >= 11 is 0. The predicted molar refractivity (Wildman–Crippen MR) is 77.5 cm³/mol.